The molecule has 1 aromatic heterocycles. The van der Waals surface area contributed by atoms with Crippen molar-refractivity contribution < 1.29 is 9.59 Å². The zero-order chi connectivity index (χ0) is 19.5. The van der Waals surface area contributed by atoms with Gasteiger partial charge in [0.15, 0.2) is 0 Å². The normalized spacial score (nSPS) is 19.5. The van der Waals surface area contributed by atoms with Gasteiger partial charge in [-0.05, 0) is 43.4 Å². The van der Waals surface area contributed by atoms with Crippen molar-refractivity contribution in [1.82, 2.24) is 15.5 Å². The molecular weight excluding hydrogens is 398 g/mol. The summed E-state index contributed by atoms with van der Waals surface area (Å²) in [4.78, 5) is 28.3. The standard InChI is InChI=1S/C19H22ClN5O2S/c20-14-7-5-13(6-8-14)9-10-21-17(27)15-3-1-11-24(15)18-22-23-19(28-18)25-12-2-4-16(25)26/h5-8,15H,1-4,9-12H2,(H,21,27)/t15-/m0/s1. The van der Waals surface area contributed by atoms with Crippen LogP contribution in [-0.2, 0) is 16.0 Å². The van der Waals surface area contributed by atoms with Gasteiger partial charge in [-0.3, -0.25) is 14.5 Å². The van der Waals surface area contributed by atoms with Crippen molar-refractivity contribution in [3.8, 4) is 0 Å². The van der Waals surface area contributed by atoms with Gasteiger partial charge in [-0.1, -0.05) is 35.1 Å². The fourth-order valence-electron chi connectivity index (χ4n) is 3.65. The maximum absolute atomic E-state index is 12.7. The minimum atomic E-state index is -0.236. The average Bonchev–Trinajstić information content (AvgIpc) is 3.42. The van der Waals surface area contributed by atoms with Gasteiger partial charge in [0.25, 0.3) is 0 Å². The Bertz CT molecular complexity index is 856. The number of hydrogen-bond donors (Lipinski definition) is 1. The fraction of sp³-hybridized carbons (Fsp3) is 0.474. The van der Waals surface area contributed by atoms with Crippen LogP contribution in [0.25, 0.3) is 0 Å². The topological polar surface area (TPSA) is 78.4 Å². The van der Waals surface area contributed by atoms with Crippen molar-refractivity contribution in [2.75, 3.05) is 29.4 Å². The van der Waals surface area contributed by atoms with E-state index in [0.29, 0.717) is 34.8 Å². The molecule has 2 saturated heterocycles. The molecule has 1 N–H and O–H groups in total. The predicted octanol–water partition coefficient (Wildman–Crippen LogP) is 2.65. The van der Waals surface area contributed by atoms with Gasteiger partial charge < -0.3 is 10.2 Å². The molecule has 3 heterocycles. The van der Waals surface area contributed by atoms with Crippen LogP contribution in [0.5, 0.6) is 0 Å². The van der Waals surface area contributed by atoms with Gasteiger partial charge in [-0.25, -0.2) is 0 Å². The first-order valence-corrected chi connectivity index (χ1v) is 10.7. The molecule has 28 heavy (non-hydrogen) atoms. The molecule has 0 radical (unpaired) electrons. The van der Waals surface area contributed by atoms with E-state index >= 15 is 0 Å². The maximum Gasteiger partial charge on any atom is 0.242 e. The third-order valence-electron chi connectivity index (χ3n) is 5.14. The van der Waals surface area contributed by atoms with Crippen molar-refractivity contribution in [2.24, 2.45) is 0 Å². The van der Waals surface area contributed by atoms with Crippen LogP contribution in [0.15, 0.2) is 24.3 Å². The molecule has 148 valence electrons. The van der Waals surface area contributed by atoms with E-state index in [9.17, 15) is 9.59 Å². The summed E-state index contributed by atoms with van der Waals surface area (Å²) in [7, 11) is 0. The van der Waals surface area contributed by atoms with Gasteiger partial charge in [0.1, 0.15) is 6.04 Å². The van der Waals surface area contributed by atoms with Crippen LogP contribution in [0.4, 0.5) is 10.3 Å². The Labute approximate surface area is 172 Å². The monoisotopic (exact) mass is 419 g/mol. The molecule has 1 atom stereocenters. The molecule has 0 saturated carbocycles. The van der Waals surface area contributed by atoms with Gasteiger partial charge in [0.05, 0.1) is 0 Å². The molecule has 2 fully saturated rings. The number of nitrogens with zero attached hydrogens (tertiary/aromatic N) is 4. The molecule has 0 spiro atoms. The second kappa shape index (κ2) is 8.45. The summed E-state index contributed by atoms with van der Waals surface area (Å²) in [6.45, 7) is 2.05. The number of hydrogen-bond acceptors (Lipinski definition) is 6. The lowest BCUT2D eigenvalue weighted by Gasteiger charge is -2.22. The van der Waals surface area contributed by atoms with Crippen molar-refractivity contribution in [3.05, 3.63) is 34.9 Å². The van der Waals surface area contributed by atoms with Crippen LogP contribution < -0.4 is 15.1 Å². The molecule has 1 aromatic carbocycles. The van der Waals surface area contributed by atoms with E-state index in [1.54, 1.807) is 4.90 Å². The molecule has 0 aliphatic carbocycles. The first kappa shape index (κ1) is 19.1. The summed E-state index contributed by atoms with van der Waals surface area (Å²) in [5, 5.41) is 13.5. The number of benzene rings is 1. The van der Waals surface area contributed by atoms with Crippen LogP contribution in [0.3, 0.4) is 0 Å². The molecule has 0 unspecified atom stereocenters. The van der Waals surface area contributed by atoms with E-state index in [2.05, 4.69) is 15.5 Å². The number of nitrogens with one attached hydrogen (secondary N) is 1. The van der Waals surface area contributed by atoms with Crippen LogP contribution in [0, 0.1) is 0 Å². The molecule has 2 aliphatic rings. The summed E-state index contributed by atoms with van der Waals surface area (Å²) < 4.78 is 0. The van der Waals surface area contributed by atoms with Crippen LogP contribution in [0.1, 0.15) is 31.2 Å². The highest BCUT2D eigenvalue weighted by Crippen LogP contribution is 2.33. The lowest BCUT2D eigenvalue weighted by Crippen LogP contribution is -2.44. The van der Waals surface area contributed by atoms with Gasteiger partial charge in [0, 0.05) is 31.1 Å². The first-order valence-electron chi connectivity index (χ1n) is 9.54. The Hall–Kier alpha value is -2.19. The third-order valence-corrected chi connectivity index (χ3v) is 6.37. The minimum absolute atomic E-state index is 0.0143. The maximum atomic E-state index is 12.7. The Balaban J connectivity index is 1.35. The van der Waals surface area contributed by atoms with E-state index < -0.39 is 0 Å². The van der Waals surface area contributed by atoms with Crippen LogP contribution in [0.2, 0.25) is 5.02 Å². The zero-order valence-electron chi connectivity index (χ0n) is 15.4. The SMILES string of the molecule is O=C(NCCc1ccc(Cl)cc1)[C@@H]1CCCN1c1nnc(N2CCCC2=O)s1. The van der Waals surface area contributed by atoms with E-state index in [1.807, 2.05) is 29.2 Å². The van der Waals surface area contributed by atoms with Gasteiger partial charge in [0.2, 0.25) is 22.1 Å². The van der Waals surface area contributed by atoms with Gasteiger partial charge in [-0.2, -0.15) is 0 Å². The lowest BCUT2D eigenvalue weighted by atomic mass is 10.1. The van der Waals surface area contributed by atoms with E-state index in [0.717, 1.165) is 37.8 Å². The highest BCUT2D eigenvalue weighted by Gasteiger charge is 2.34. The number of carbonyl (C=O) groups is 2. The molecule has 7 nitrogen and oxygen atoms in total. The van der Waals surface area contributed by atoms with Crippen molar-refractivity contribution >= 4 is 45.0 Å². The number of halogens is 1. The highest BCUT2D eigenvalue weighted by molar-refractivity contribution is 7.19. The summed E-state index contributed by atoms with van der Waals surface area (Å²) >= 11 is 7.29. The summed E-state index contributed by atoms with van der Waals surface area (Å²) in [6, 6.07) is 7.42. The summed E-state index contributed by atoms with van der Waals surface area (Å²) in [5.74, 6) is 0.112. The first-order chi connectivity index (χ1) is 13.6. The molecule has 9 heteroatoms. The average molecular weight is 420 g/mol. The lowest BCUT2D eigenvalue weighted by molar-refractivity contribution is -0.122. The summed E-state index contributed by atoms with van der Waals surface area (Å²) in [6.07, 6.45) is 3.92. The van der Waals surface area contributed by atoms with E-state index in [4.69, 9.17) is 11.6 Å². The van der Waals surface area contributed by atoms with Crippen molar-refractivity contribution in [1.29, 1.82) is 0 Å². The van der Waals surface area contributed by atoms with E-state index in [1.165, 1.54) is 11.3 Å². The third kappa shape index (κ3) is 4.12. The highest BCUT2D eigenvalue weighted by atomic mass is 35.5. The molecule has 2 aliphatic heterocycles. The van der Waals surface area contributed by atoms with Gasteiger partial charge in [-0.15, -0.1) is 10.2 Å². The zero-order valence-corrected chi connectivity index (χ0v) is 17.0. The Morgan fingerprint density at radius 2 is 1.96 bits per heavy atom. The van der Waals surface area contributed by atoms with Gasteiger partial charge >= 0.3 is 0 Å². The number of anilines is 2. The van der Waals surface area contributed by atoms with Crippen molar-refractivity contribution in [2.45, 2.75) is 38.1 Å². The van der Waals surface area contributed by atoms with Crippen molar-refractivity contribution in [3.63, 3.8) is 0 Å². The van der Waals surface area contributed by atoms with Crippen LogP contribution >= 0.6 is 22.9 Å². The quantitative estimate of drug-likeness (QED) is 0.778. The number of rotatable bonds is 6. The largest absolute Gasteiger partial charge is 0.354 e. The smallest absolute Gasteiger partial charge is 0.242 e. The molecular formula is C19H22ClN5O2S. The Morgan fingerprint density at radius 1 is 1.18 bits per heavy atom. The predicted molar refractivity (Wildman–Crippen MR) is 110 cm³/mol. The minimum Gasteiger partial charge on any atom is -0.354 e. The Morgan fingerprint density at radius 3 is 2.71 bits per heavy atom. The second-order valence-corrected chi connectivity index (χ2v) is 8.41. The number of aromatic nitrogens is 2. The fourth-order valence-corrected chi connectivity index (χ4v) is 4.74. The number of carbonyl (C=O) groups excluding carboxylic acids is 2. The molecule has 0 bridgehead atoms. The molecule has 2 aromatic rings. The second-order valence-electron chi connectivity index (χ2n) is 7.04. The Kier molecular flexibility index (Phi) is 5.77. The van der Waals surface area contributed by atoms with Crippen LogP contribution in [-0.4, -0.2) is 47.7 Å². The molecule has 2 amide bonds. The number of amides is 2. The molecule has 4 rings (SSSR count). The summed E-state index contributed by atoms with van der Waals surface area (Å²) in [5.41, 5.74) is 1.14. The van der Waals surface area contributed by atoms with E-state index in [-0.39, 0.29) is 17.9 Å².